The van der Waals surface area contributed by atoms with Crippen molar-refractivity contribution in [3.8, 4) is 22.3 Å². The lowest BCUT2D eigenvalue weighted by Crippen LogP contribution is -2.16. The minimum atomic E-state index is 0.865. The Hall–Kier alpha value is -4.89. The summed E-state index contributed by atoms with van der Waals surface area (Å²) in [6, 6.07) is 43.5. The van der Waals surface area contributed by atoms with Crippen LogP contribution in [0.4, 0.5) is 11.4 Å². The maximum Gasteiger partial charge on any atom is 0.112 e. The number of pyridine rings is 1. The Morgan fingerprint density at radius 2 is 0.842 bits per heavy atom. The lowest BCUT2D eigenvalue weighted by Gasteiger charge is -2.17. The highest BCUT2D eigenvalue weighted by Gasteiger charge is 2.13. The molecule has 0 radical (unpaired) electrons. The highest BCUT2D eigenvalue weighted by Crippen LogP contribution is 2.31. The molecular formula is C35H31N3. The Bertz CT molecular complexity index is 1510. The van der Waals surface area contributed by atoms with Crippen molar-refractivity contribution in [2.75, 3.05) is 0 Å². The van der Waals surface area contributed by atoms with E-state index in [0.29, 0.717) is 0 Å². The zero-order chi connectivity index (χ0) is 26.5. The number of hydrogen-bond acceptors (Lipinski definition) is 1. The van der Waals surface area contributed by atoms with Crippen molar-refractivity contribution in [3.05, 3.63) is 153 Å². The molecule has 5 rings (SSSR count). The molecule has 1 aromatic heterocycles. The van der Waals surface area contributed by atoms with Gasteiger partial charge in [0, 0.05) is 14.1 Å². The molecule has 1 heterocycles. The second-order valence-electron chi connectivity index (χ2n) is 9.20. The average Bonchev–Trinajstić information content (AvgIpc) is 3.00. The molecule has 3 nitrogen and oxygen atoms in total. The van der Waals surface area contributed by atoms with Crippen molar-refractivity contribution < 1.29 is 9.15 Å². The van der Waals surface area contributed by atoms with Crippen molar-refractivity contribution in [2.24, 2.45) is 0 Å². The highest BCUT2D eigenvalue weighted by molar-refractivity contribution is 5.98. The maximum absolute atomic E-state index is 5.03. The summed E-state index contributed by atoms with van der Waals surface area (Å²) < 4.78 is 3.94. The Balaban J connectivity index is 1.55. The first-order valence-corrected chi connectivity index (χ1v) is 12.7. The average molecular weight is 494 g/mol. The molecule has 5 aromatic rings. The van der Waals surface area contributed by atoms with E-state index in [2.05, 4.69) is 113 Å². The molecule has 3 heteroatoms. The third-order valence-electron chi connectivity index (χ3n) is 6.86. The molecule has 0 spiro atoms. The molecule has 0 atom stereocenters. The van der Waals surface area contributed by atoms with Crippen LogP contribution >= 0.6 is 0 Å². The van der Waals surface area contributed by atoms with E-state index in [9.17, 15) is 0 Å². The van der Waals surface area contributed by atoms with Crippen LogP contribution in [0.25, 0.3) is 22.3 Å². The van der Waals surface area contributed by atoms with Gasteiger partial charge in [-0.2, -0.15) is 0 Å². The van der Waals surface area contributed by atoms with Gasteiger partial charge in [0.2, 0.25) is 0 Å². The van der Waals surface area contributed by atoms with Gasteiger partial charge >= 0.3 is 0 Å². The molecule has 0 fully saturated rings. The van der Waals surface area contributed by atoms with E-state index in [0.717, 1.165) is 56.4 Å². The molecular weight excluding hydrogens is 462 g/mol. The van der Waals surface area contributed by atoms with E-state index in [1.807, 2.05) is 51.6 Å². The topological polar surface area (TPSA) is 18.9 Å². The second-order valence-corrected chi connectivity index (χ2v) is 9.20. The van der Waals surface area contributed by atoms with Crippen LogP contribution in [0.15, 0.2) is 127 Å². The molecule has 0 aliphatic heterocycles. The monoisotopic (exact) mass is 493 g/mol. The lowest BCUT2D eigenvalue weighted by molar-refractivity contribution is -0.368. The van der Waals surface area contributed by atoms with Gasteiger partial charge in [0.25, 0.3) is 0 Å². The quantitative estimate of drug-likeness (QED) is 0.132. The molecule has 0 aliphatic carbocycles. The summed E-state index contributed by atoms with van der Waals surface area (Å²) in [6.45, 7) is 4.12. The van der Waals surface area contributed by atoms with Crippen LogP contribution in [-0.2, 0) is 0 Å². The minimum Gasteiger partial charge on any atom is -0.329 e. The van der Waals surface area contributed by atoms with Crippen LogP contribution in [0.2, 0.25) is 0 Å². The standard InChI is InChI=1S/C35H31N3/c1-26(37(3)34-24-13-11-20-30(34)28-16-7-5-8-17-28)32-22-15-23-33(36-32)27(2)38(4)35-25-14-12-21-31(35)29-18-9-6-10-19-29/h5-25H,3-4H2,1-2H3. The third kappa shape index (κ3) is 5.00. The fourth-order valence-electron chi connectivity index (χ4n) is 4.62. The van der Waals surface area contributed by atoms with E-state index in [4.69, 9.17) is 4.98 Å². The van der Waals surface area contributed by atoms with Crippen LogP contribution in [0, 0.1) is 14.1 Å². The van der Waals surface area contributed by atoms with Gasteiger partial charge in [-0.1, -0.05) is 103 Å². The van der Waals surface area contributed by atoms with Gasteiger partial charge in [0.15, 0.2) is 0 Å². The Morgan fingerprint density at radius 1 is 0.474 bits per heavy atom. The van der Waals surface area contributed by atoms with Crippen molar-refractivity contribution in [1.29, 1.82) is 0 Å². The summed E-state index contributed by atoms with van der Waals surface area (Å²) in [5, 5.41) is 0. The van der Waals surface area contributed by atoms with Crippen molar-refractivity contribution in [3.63, 3.8) is 0 Å². The summed E-state index contributed by atoms with van der Waals surface area (Å²) in [4.78, 5) is 5.03. The maximum atomic E-state index is 5.03. The van der Waals surface area contributed by atoms with Gasteiger partial charge < -0.3 is 9.15 Å². The van der Waals surface area contributed by atoms with E-state index in [-0.39, 0.29) is 0 Å². The largest absolute Gasteiger partial charge is 0.329 e. The molecule has 0 saturated carbocycles. The van der Waals surface area contributed by atoms with Crippen molar-refractivity contribution in [1.82, 2.24) is 4.98 Å². The summed E-state index contributed by atoms with van der Waals surface area (Å²) >= 11 is 0. The van der Waals surface area contributed by atoms with Gasteiger partial charge in [0.1, 0.15) is 22.8 Å². The van der Waals surface area contributed by atoms with Gasteiger partial charge in [-0.25, -0.2) is 0 Å². The Morgan fingerprint density at radius 3 is 1.26 bits per heavy atom. The number of hydrogen-bond donors (Lipinski definition) is 0. The molecule has 186 valence electrons. The highest BCUT2D eigenvalue weighted by atomic mass is 15.0. The van der Waals surface area contributed by atoms with Gasteiger partial charge in [-0.05, 0) is 60.4 Å². The first-order valence-electron chi connectivity index (χ1n) is 12.7. The molecule has 38 heavy (non-hydrogen) atoms. The normalized spacial score (nSPS) is 12.5. The van der Waals surface area contributed by atoms with Gasteiger partial charge in [-0.3, -0.25) is 4.98 Å². The fourth-order valence-corrected chi connectivity index (χ4v) is 4.62. The lowest BCUT2D eigenvalue weighted by atomic mass is 10.0. The summed E-state index contributed by atoms with van der Waals surface area (Å²) in [5.41, 5.74) is 10.3. The van der Waals surface area contributed by atoms with Crippen LogP contribution in [0.1, 0.15) is 25.2 Å². The molecule has 0 bridgehead atoms. The van der Waals surface area contributed by atoms with E-state index in [1.165, 1.54) is 0 Å². The molecule has 0 N–H and O–H groups in total. The summed E-state index contributed by atoms with van der Waals surface area (Å²) in [5.74, 6) is 0. The van der Waals surface area contributed by atoms with Crippen molar-refractivity contribution >= 4 is 22.8 Å². The summed E-state index contributed by atoms with van der Waals surface area (Å²) in [7, 11) is 8.80. The number of rotatable bonds is 6. The molecule has 0 saturated heterocycles. The second kappa shape index (κ2) is 11.0. The third-order valence-corrected chi connectivity index (χ3v) is 6.86. The van der Waals surface area contributed by atoms with Gasteiger partial charge in [-0.15, -0.1) is 0 Å². The Kier molecular flexibility index (Phi) is 7.19. The zero-order valence-electron chi connectivity index (χ0n) is 21.9. The smallest absolute Gasteiger partial charge is 0.112 e. The van der Waals surface area contributed by atoms with Gasteiger partial charge in [0.05, 0.1) is 11.4 Å². The molecule has 4 aromatic carbocycles. The molecule has 0 aliphatic rings. The van der Waals surface area contributed by atoms with Crippen LogP contribution < -0.4 is 0 Å². The van der Waals surface area contributed by atoms with Crippen LogP contribution in [-0.4, -0.2) is 25.6 Å². The number of nitrogens with zero attached hydrogens (tertiary/aromatic N) is 3. The first-order chi connectivity index (χ1) is 18.5. The SMILES string of the molecule is [CH2-][N+](=C(C)c1cccc(C(C)=[N+]([CH2-])c2ccccc2-c2ccccc2)n1)c1ccccc1-c1ccccc1. The van der Waals surface area contributed by atoms with E-state index < -0.39 is 0 Å². The zero-order valence-corrected chi connectivity index (χ0v) is 21.9. The number of benzene rings is 4. The first kappa shape index (κ1) is 24.8. The number of aromatic nitrogens is 1. The molecule has 0 unspecified atom stereocenters. The van der Waals surface area contributed by atoms with Crippen LogP contribution in [0.3, 0.4) is 0 Å². The fraction of sp³-hybridized carbons (Fsp3) is 0.0571. The molecule has 0 amide bonds. The minimum absolute atomic E-state index is 0.865. The van der Waals surface area contributed by atoms with Crippen molar-refractivity contribution in [2.45, 2.75) is 13.8 Å². The van der Waals surface area contributed by atoms with E-state index >= 15 is 0 Å². The predicted octanol–water partition coefficient (Wildman–Crippen LogP) is 8.31. The Labute approximate surface area is 225 Å². The number of para-hydroxylation sites is 2. The predicted molar refractivity (Wildman–Crippen MR) is 158 cm³/mol. The van der Waals surface area contributed by atoms with Crippen LogP contribution in [0.5, 0.6) is 0 Å². The summed E-state index contributed by atoms with van der Waals surface area (Å²) in [6.07, 6.45) is 0. The van der Waals surface area contributed by atoms with E-state index in [1.54, 1.807) is 0 Å².